The van der Waals surface area contributed by atoms with Crippen LogP contribution >= 0.6 is 0 Å². The Morgan fingerprint density at radius 2 is 0.966 bits per heavy atom. The second-order valence-electron chi connectivity index (χ2n) is 18.0. The number of aliphatic hydroxyl groups excluding tert-OH is 5. The van der Waals surface area contributed by atoms with Gasteiger partial charge in [0.2, 0.25) is 5.91 Å². The van der Waals surface area contributed by atoms with Gasteiger partial charge in [-0.2, -0.15) is 0 Å². The molecule has 6 atom stereocenters. The van der Waals surface area contributed by atoms with E-state index in [1.165, 1.54) is 186 Å². The zero-order valence-electron chi connectivity index (χ0n) is 38.6. The first-order chi connectivity index (χ1) is 28.8. The molecule has 0 aliphatic carbocycles. The molecule has 1 amide bonds. The predicted octanol–water partition coefficient (Wildman–Crippen LogP) is 12.2. The van der Waals surface area contributed by atoms with Crippen molar-refractivity contribution in [1.82, 2.24) is 5.32 Å². The molecule has 1 rings (SSSR count). The van der Waals surface area contributed by atoms with Gasteiger partial charge in [0.1, 0.15) is 24.1 Å². The van der Waals surface area contributed by atoms with Gasteiger partial charge < -0.3 is 40.3 Å². The van der Waals surface area contributed by atoms with Gasteiger partial charge in [-0.1, -0.05) is 232 Å². The maximum atomic E-state index is 13.0. The van der Waals surface area contributed by atoms with Gasteiger partial charge in [-0.25, -0.2) is 0 Å². The van der Waals surface area contributed by atoms with Crippen LogP contribution in [-0.2, 0) is 14.3 Å². The van der Waals surface area contributed by atoms with Crippen molar-refractivity contribution >= 4 is 5.91 Å². The van der Waals surface area contributed by atoms with E-state index in [2.05, 4.69) is 19.2 Å². The van der Waals surface area contributed by atoms with E-state index in [1.54, 1.807) is 0 Å². The summed E-state index contributed by atoms with van der Waals surface area (Å²) in [5, 5.41) is 54.7. The van der Waals surface area contributed by atoms with Crippen molar-refractivity contribution in [1.29, 1.82) is 0 Å². The number of hydrogen-bond donors (Lipinski definition) is 6. The molecule has 1 aliphatic heterocycles. The zero-order chi connectivity index (χ0) is 43.0. The maximum Gasteiger partial charge on any atom is 0.220 e. The van der Waals surface area contributed by atoms with E-state index in [4.69, 9.17) is 9.47 Å². The monoisotopic (exact) mass is 840 g/mol. The van der Waals surface area contributed by atoms with E-state index < -0.39 is 43.4 Å². The lowest BCUT2D eigenvalue weighted by molar-refractivity contribution is -0.224. The lowest BCUT2D eigenvalue weighted by Gasteiger charge is -2.33. The Morgan fingerprint density at radius 3 is 1.34 bits per heavy atom. The van der Waals surface area contributed by atoms with Crippen LogP contribution in [-0.4, -0.2) is 81.4 Å². The van der Waals surface area contributed by atoms with Crippen LogP contribution in [0.3, 0.4) is 0 Å². The zero-order valence-corrected chi connectivity index (χ0v) is 38.6. The molecule has 0 bridgehead atoms. The molecule has 59 heavy (non-hydrogen) atoms. The van der Waals surface area contributed by atoms with Crippen LogP contribution in [0.1, 0.15) is 251 Å². The Labute approximate surface area is 363 Å². The third kappa shape index (κ3) is 32.2. The van der Waals surface area contributed by atoms with E-state index >= 15 is 0 Å². The Morgan fingerprint density at radius 1 is 0.610 bits per heavy atom. The number of aliphatic hydroxyl groups is 5. The van der Waals surface area contributed by atoms with E-state index in [-0.39, 0.29) is 18.3 Å². The van der Waals surface area contributed by atoms with Crippen LogP contribution in [0.2, 0.25) is 0 Å². The highest BCUT2D eigenvalue weighted by Crippen LogP contribution is 2.21. The van der Waals surface area contributed by atoms with Crippen LogP contribution in [0.4, 0.5) is 0 Å². The highest BCUT2D eigenvalue weighted by Gasteiger charge is 2.34. The fraction of sp³-hybridized carbons (Fsp3) is 0.940. The van der Waals surface area contributed by atoms with Crippen LogP contribution < -0.4 is 5.32 Å². The van der Waals surface area contributed by atoms with Crippen LogP contribution in [0.15, 0.2) is 11.8 Å². The summed E-state index contributed by atoms with van der Waals surface area (Å²) in [4.78, 5) is 13.0. The van der Waals surface area contributed by atoms with Gasteiger partial charge in [-0.3, -0.25) is 4.79 Å². The Kier molecular flexibility index (Phi) is 38.6. The van der Waals surface area contributed by atoms with E-state index in [0.717, 1.165) is 44.6 Å². The largest absolute Gasteiger partial charge is 0.510 e. The molecule has 350 valence electrons. The number of carbonyl (C=O) groups is 1. The SMILES string of the molecule is CCCCCCCCCCCCCCCCCCCCCCCCCC(=O)N[C@@H](COC1OC(CO)C(O)=C[C@@H]1O)[C@H](O)[C@H](O)CCCCCCCCCCCCCC. The molecule has 0 spiro atoms. The molecule has 9 nitrogen and oxygen atoms in total. The van der Waals surface area contributed by atoms with Crippen molar-refractivity contribution in [3.8, 4) is 0 Å². The summed E-state index contributed by atoms with van der Waals surface area (Å²) in [5.74, 6) is -0.493. The predicted molar refractivity (Wildman–Crippen MR) is 245 cm³/mol. The number of unbranched alkanes of at least 4 members (excludes halogenated alkanes) is 33. The van der Waals surface area contributed by atoms with E-state index in [1.807, 2.05) is 0 Å². The molecular weight excluding hydrogens is 743 g/mol. The first-order valence-corrected chi connectivity index (χ1v) is 25.5. The molecule has 1 aliphatic rings. The van der Waals surface area contributed by atoms with Crippen molar-refractivity contribution in [2.75, 3.05) is 13.2 Å². The number of amides is 1. The van der Waals surface area contributed by atoms with Crippen LogP contribution in [0.25, 0.3) is 0 Å². The highest BCUT2D eigenvalue weighted by molar-refractivity contribution is 5.76. The summed E-state index contributed by atoms with van der Waals surface area (Å²) in [5.41, 5.74) is 0. The second-order valence-corrected chi connectivity index (χ2v) is 18.0. The summed E-state index contributed by atoms with van der Waals surface area (Å²) in [6.45, 7) is 3.83. The molecule has 0 fully saturated rings. The van der Waals surface area contributed by atoms with Crippen LogP contribution in [0, 0.1) is 0 Å². The van der Waals surface area contributed by atoms with Crippen molar-refractivity contribution in [3.63, 3.8) is 0 Å². The molecule has 0 saturated carbocycles. The normalized spacial score (nSPS) is 18.5. The van der Waals surface area contributed by atoms with Gasteiger partial charge in [-0.15, -0.1) is 0 Å². The van der Waals surface area contributed by atoms with Gasteiger partial charge in [-0.05, 0) is 18.9 Å². The minimum absolute atomic E-state index is 0.212. The maximum absolute atomic E-state index is 13.0. The number of ether oxygens (including phenoxy) is 2. The molecule has 0 radical (unpaired) electrons. The first-order valence-electron chi connectivity index (χ1n) is 25.5. The lowest BCUT2D eigenvalue weighted by atomic mass is 9.99. The molecule has 0 saturated heterocycles. The minimum atomic E-state index is -1.29. The summed E-state index contributed by atoms with van der Waals surface area (Å²) in [6.07, 6.45) is 40.9. The number of carbonyl (C=O) groups excluding carboxylic acids is 1. The fourth-order valence-corrected chi connectivity index (χ4v) is 8.35. The lowest BCUT2D eigenvalue weighted by Crippen LogP contribution is -2.52. The molecule has 0 aromatic rings. The average molecular weight is 840 g/mol. The summed E-state index contributed by atoms with van der Waals surface area (Å²) >= 11 is 0. The first kappa shape index (κ1) is 55.8. The molecule has 9 heteroatoms. The second kappa shape index (κ2) is 40.8. The van der Waals surface area contributed by atoms with Gasteiger partial charge >= 0.3 is 0 Å². The Hall–Kier alpha value is -1.23. The Bertz CT molecular complexity index is 950. The van der Waals surface area contributed by atoms with Gasteiger partial charge in [0.05, 0.1) is 25.4 Å². The summed E-state index contributed by atoms with van der Waals surface area (Å²) in [6, 6.07) is -0.915. The smallest absolute Gasteiger partial charge is 0.220 e. The molecule has 1 heterocycles. The molecular formula is C50H97NO8. The van der Waals surface area contributed by atoms with Crippen molar-refractivity contribution in [3.05, 3.63) is 11.8 Å². The number of rotatable bonds is 44. The van der Waals surface area contributed by atoms with Gasteiger partial charge in [0.15, 0.2) is 6.29 Å². The minimum Gasteiger partial charge on any atom is -0.510 e. The third-order valence-corrected chi connectivity index (χ3v) is 12.4. The Balaban J connectivity index is 2.23. The van der Waals surface area contributed by atoms with Crippen molar-refractivity contribution in [2.45, 2.75) is 288 Å². The summed E-state index contributed by atoms with van der Waals surface area (Å²) < 4.78 is 11.2. The molecule has 0 aromatic carbocycles. The van der Waals surface area contributed by atoms with E-state index in [9.17, 15) is 30.3 Å². The average Bonchev–Trinajstić information content (AvgIpc) is 3.23. The standard InChI is InChI=1S/C50H97NO8/c1-3-5-7-9-11-13-15-17-18-19-20-21-22-23-24-25-26-27-29-31-33-35-37-39-48(56)51-43(42-58-50-46(55)40-45(54)47(41-52)59-50)49(57)44(53)38-36-34-32-30-28-16-14-12-10-8-6-4-2/h40,43-44,46-47,49-50,52-55,57H,3-39,41-42H2,1-2H3,(H,51,56)/t43-,44+,46-,47?,49-,50?/m0/s1. The molecule has 0 aromatic heterocycles. The molecule has 2 unspecified atom stereocenters. The van der Waals surface area contributed by atoms with Crippen molar-refractivity contribution in [2.24, 2.45) is 0 Å². The van der Waals surface area contributed by atoms with Gasteiger partial charge in [0.25, 0.3) is 0 Å². The third-order valence-electron chi connectivity index (χ3n) is 12.4. The van der Waals surface area contributed by atoms with Gasteiger partial charge in [0, 0.05) is 6.42 Å². The summed E-state index contributed by atoms with van der Waals surface area (Å²) in [7, 11) is 0. The fourth-order valence-electron chi connectivity index (χ4n) is 8.35. The van der Waals surface area contributed by atoms with Crippen LogP contribution in [0.5, 0.6) is 0 Å². The number of hydrogen-bond acceptors (Lipinski definition) is 8. The van der Waals surface area contributed by atoms with Crippen molar-refractivity contribution < 1.29 is 39.8 Å². The highest BCUT2D eigenvalue weighted by atomic mass is 16.7. The topological polar surface area (TPSA) is 149 Å². The number of nitrogens with one attached hydrogen (secondary N) is 1. The quantitative estimate of drug-likeness (QED) is 0.0332. The van der Waals surface area contributed by atoms with E-state index in [0.29, 0.717) is 12.8 Å². The molecule has 6 N–H and O–H groups in total.